The highest BCUT2D eigenvalue weighted by Crippen LogP contribution is 2.38. The number of fused-ring (bicyclic) bond motifs is 2. The summed E-state index contributed by atoms with van der Waals surface area (Å²) >= 11 is 2.11. The van der Waals surface area contributed by atoms with E-state index in [1.807, 2.05) is 0 Å². The average Bonchev–Trinajstić information content (AvgIpc) is 2.89. The Kier molecular flexibility index (Phi) is 3.23. The van der Waals surface area contributed by atoms with Crippen LogP contribution in [0.25, 0.3) is 0 Å². The highest BCUT2D eigenvalue weighted by atomic mass is 32.2. The smallest absolute Gasteiger partial charge is 0.0621 e. The molecule has 3 heteroatoms. The van der Waals surface area contributed by atoms with Gasteiger partial charge in [-0.1, -0.05) is 0 Å². The summed E-state index contributed by atoms with van der Waals surface area (Å²) in [4.78, 5) is 0. The van der Waals surface area contributed by atoms with E-state index in [1.165, 1.54) is 50.2 Å². The van der Waals surface area contributed by atoms with Gasteiger partial charge in [-0.3, -0.25) is 0 Å². The summed E-state index contributed by atoms with van der Waals surface area (Å²) in [6, 6.07) is 0.780. The summed E-state index contributed by atoms with van der Waals surface area (Å²) in [7, 11) is 0. The van der Waals surface area contributed by atoms with Crippen LogP contribution in [-0.4, -0.2) is 36.3 Å². The van der Waals surface area contributed by atoms with E-state index in [-0.39, 0.29) is 0 Å². The van der Waals surface area contributed by atoms with E-state index < -0.39 is 0 Å². The number of hydrogen-bond acceptors (Lipinski definition) is 3. The monoisotopic (exact) mass is 227 g/mol. The minimum absolute atomic E-state index is 0.596. The van der Waals surface area contributed by atoms with E-state index in [0.29, 0.717) is 12.2 Å². The molecule has 0 aromatic heterocycles. The zero-order valence-corrected chi connectivity index (χ0v) is 10.1. The van der Waals surface area contributed by atoms with Gasteiger partial charge in [0, 0.05) is 24.3 Å². The second kappa shape index (κ2) is 4.64. The molecular formula is C12H21NOS. The molecule has 0 amide bonds. The van der Waals surface area contributed by atoms with Gasteiger partial charge in [-0.25, -0.2) is 0 Å². The van der Waals surface area contributed by atoms with Crippen LogP contribution in [0.5, 0.6) is 0 Å². The molecule has 1 N–H and O–H groups in total. The molecule has 3 rings (SSSR count). The van der Waals surface area contributed by atoms with Crippen LogP contribution in [0.2, 0.25) is 0 Å². The van der Waals surface area contributed by atoms with Crippen molar-refractivity contribution in [3.05, 3.63) is 0 Å². The molecule has 3 fully saturated rings. The predicted octanol–water partition coefficient (Wildman–Crippen LogP) is 2.04. The lowest BCUT2D eigenvalue weighted by Crippen LogP contribution is -2.39. The van der Waals surface area contributed by atoms with Crippen molar-refractivity contribution in [3.8, 4) is 0 Å². The summed E-state index contributed by atoms with van der Waals surface area (Å²) in [5, 5.41) is 3.75. The van der Waals surface area contributed by atoms with E-state index >= 15 is 0 Å². The maximum atomic E-state index is 5.88. The Morgan fingerprint density at radius 2 is 2.27 bits per heavy atom. The first-order valence-electron chi connectivity index (χ1n) is 6.38. The lowest BCUT2D eigenvalue weighted by molar-refractivity contribution is 0.0920. The molecule has 15 heavy (non-hydrogen) atoms. The van der Waals surface area contributed by atoms with Crippen molar-refractivity contribution in [1.29, 1.82) is 0 Å². The minimum atomic E-state index is 0.596. The Labute approximate surface area is 96.5 Å². The van der Waals surface area contributed by atoms with Gasteiger partial charge >= 0.3 is 0 Å². The normalized spacial score (nSPS) is 44.8. The average molecular weight is 227 g/mol. The number of thioether (sulfide) groups is 1. The molecule has 2 bridgehead atoms. The first-order valence-corrected chi connectivity index (χ1v) is 7.54. The van der Waals surface area contributed by atoms with Crippen LogP contribution in [-0.2, 0) is 4.74 Å². The van der Waals surface area contributed by atoms with Gasteiger partial charge < -0.3 is 10.1 Å². The Balaban J connectivity index is 1.42. The van der Waals surface area contributed by atoms with Crippen LogP contribution >= 0.6 is 11.8 Å². The van der Waals surface area contributed by atoms with Crippen molar-refractivity contribution in [3.63, 3.8) is 0 Å². The van der Waals surface area contributed by atoms with Gasteiger partial charge in [0.1, 0.15) is 0 Å². The Morgan fingerprint density at radius 1 is 1.27 bits per heavy atom. The fraction of sp³-hybridized carbons (Fsp3) is 1.00. The van der Waals surface area contributed by atoms with Gasteiger partial charge in [0.05, 0.1) is 12.2 Å². The third-order valence-corrected chi connectivity index (χ3v) is 5.28. The molecule has 4 atom stereocenters. The molecule has 0 saturated carbocycles. The van der Waals surface area contributed by atoms with Crippen molar-refractivity contribution in [2.24, 2.45) is 5.92 Å². The van der Waals surface area contributed by atoms with E-state index in [1.54, 1.807) is 0 Å². The lowest BCUT2D eigenvalue weighted by atomic mass is 9.89. The van der Waals surface area contributed by atoms with Gasteiger partial charge in [-0.05, 0) is 37.9 Å². The molecule has 0 aromatic carbocycles. The molecule has 3 saturated heterocycles. The van der Waals surface area contributed by atoms with Crippen LogP contribution in [0, 0.1) is 5.92 Å². The lowest BCUT2D eigenvalue weighted by Gasteiger charge is -2.26. The molecule has 3 aliphatic heterocycles. The van der Waals surface area contributed by atoms with Crippen LogP contribution < -0.4 is 5.32 Å². The quantitative estimate of drug-likeness (QED) is 0.797. The zero-order valence-electron chi connectivity index (χ0n) is 9.28. The SMILES string of the molecule is C1CSCC(NCC2CC3CCC2O3)C1. The van der Waals surface area contributed by atoms with Crippen molar-refractivity contribution in [2.75, 3.05) is 18.1 Å². The molecule has 2 nitrogen and oxygen atoms in total. The molecule has 0 aromatic rings. The molecule has 3 heterocycles. The van der Waals surface area contributed by atoms with Gasteiger partial charge in [0.2, 0.25) is 0 Å². The van der Waals surface area contributed by atoms with Crippen LogP contribution in [0.4, 0.5) is 0 Å². The van der Waals surface area contributed by atoms with Crippen molar-refractivity contribution in [2.45, 2.75) is 50.4 Å². The Morgan fingerprint density at radius 3 is 2.93 bits per heavy atom. The predicted molar refractivity (Wildman–Crippen MR) is 64.4 cm³/mol. The molecule has 0 radical (unpaired) electrons. The van der Waals surface area contributed by atoms with Gasteiger partial charge in [-0.15, -0.1) is 0 Å². The first-order chi connectivity index (χ1) is 7.42. The molecule has 86 valence electrons. The number of nitrogens with one attached hydrogen (secondary N) is 1. The van der Waals surface area contributed by atoms with Gasteiger partial charge in [0.15, 0.2) is 0 Å². The van der Waals surface area contributed by atoms with E-state index in [0.717, 1.165) is 12.0 Å². The number of rotatable bonds is 3. The second-order valence-electron chi connectivity index (χ2n) is 5.19. The minimum Gasteiger partial charge on any atom is -0.375 e. The third-order valence-electron chi connectivity index (χ3n) is 4.06. The van der Waals surface area contributed by atoms with Crippen LogP contribution in [0.1, 0.15) is 32.1 Å². The maximum absolute atomic E-state index is 5.88. The highest BCUT2D eigenvalue weighted by Gasteiger charge is 2.40. The molecule has 4 unspecified atom stereocenters. The fourth-order valence-corrected chi connectivity index (χ4v) is 4.28. The maximum Gasteiger partial charge on any atom is 0.0621 e. The van der Waals surface area contributed by atoms with E-state index in [4.69, 9.17) is 4.74 Å². The van der Waals surface area contributed by atoms with Crippen molar-refractivity contribution < 1.29 is 4.74 Å². The summed E-state index contributed by atoms with van der Waals surface area (Å²) in [6.45, 7) is 1.20. The Hall–Kier alpha value is 0.270. The van der Waals surface area contributed by atoms with Gasteiger partial charge in [-0.2, -0.15) is 11.8 Å². The zero-order chi connectivity index (χ0) is 10.1. The summed E-state index contributed by atoms with van der Waals surface area (Å²) in [5.41, 5.74) is 0. The van der Waals surface area contributed by atoms with E-state index in [2.05, 4.69) is 17.1 Å². The topological polar surface area (TPSA) is 21.3 Å². The van der Waals surface area contributed by atoms with Gasteiger partial charge in [0.25, 0.3) is 0 Å². The summed E-state index contributed by atoms with van der Waals surface area (Å²) in [6.07, 6.45) is 7.94. The third kappa shape index (κ3) is 2.34. The summed E-state index contributed by atoms with van der Waals surface area (Å²) < 4.78 is 5.88. The highest BCUT2D eigenvalue weighted by molar-refractivity contribution is 7.99. The number of ether oxygens (including phenoxy) is 1. The molecular weight excluding hydrogens is 206 g/mol. The van der Waals surface area contributed by atoms with Crippen molar-refractivity contribution >= 4 is 11.8 Å². The largest absolute Gasteiger partial charge is 0.375 e. The Bertz CT molecular complexity index is 218. The van der Waals surface area contributed by atoms with Crippen LogP contribution in [0.15, 0.2) is 0 Å². The summed E-state index contributed by atoms with van der Waals surface area (Å²) in [5.74, 6) is 3.51. The molecule has 0 aliphatic carbocycles. The number of hydrogen-bond donors (Lipinski definition) is 1. The fourth-order valence-electron chi connectivity index (χ4n) is 3.18. The van der Waals surface area contributed by atoms with E-state index in [9.17, 15) is 0 Å². The molecule has 0 spiro atoms. The van der Waals surface area contributed by atoms with Crippen molar-refractivity contribution in [1.82, 2.24) is 5.32 Å². The second-order valence-corrected chi connectivity index (χ2v) is 6.34. The molecule has 3 aliphatic rings. The standard InChI is InChI=1S/C12H21NOS/c1-2-10(8-15-5-1)13-7-9-6-11-3-4-12(9)14-11/h9-13H,1-8H2. The first kappa shape index (κ1) is 10.4. The van der Waals surface area contributed by atoms with Crippen LogP contribution in [0.3, 0.4) is 0 Å².